The molecule has 0 saturated carbocycles. The molecule has 0 spiro atoms. The molecule has 12 nitrogen and oxygen atoms in total. The van der Waals surface area contributed by atoms with Gasteiger partial charge >= 0.3 is 23.9 Å². The van der Waals surface area contributed by atoms with Crippen molar-refractivity contribution < 1.29 is 58.6 Å². The van der Waals surface area contributed by atoms with Crippen molar-refractivity contribution in [2.45, 2.75) is 19.4 Å². The van der Waals surface area contributed by atoms with Crippen molar-refractivity contribution in [2.24, 2.45) is 5.92 Å². The molecule has 12 heteroatoms. The third-order valence-electron chi connectivity index (χ3n) is 5.38. The SMILES string of the molecule is CCOc1ccc(OC2=C(C(=O)O)C(C(=O)O)=CC(Oc3ccc(OCC)cc3)(C(=O)O)C2C(=O)O)cc1. The minimum absolute atomic E-state index is 0.0968. The van der Waals surface area contributed by atoms with E-state index in [9.17, 15) is 39.6 Å². The summed E-state index contributed by atoms with van der Waals surface area (Å²) < 4.78 is 21.9. The fourth-order valence-electron chi connectivity index (χ4n) is 3.82. The Labute approximate surface area is 215 Å². The molecule has 2 aromatic carbocycles. The molecule has 1 aliphatic carbocycles. The van der Waals surface area contributed by atoms with E-state index in [-0.39, 0.29) is 11.5 Å². The second kappa shape index (κ2) is 11.4. The Hall–Kier alpha value is -5.00. The van der Waals surface area contributed by atoms with E-state index in [1.165, 1.54) is 48.5 Å². The van der Waals surface area contributed by atoms with Crippen LogP contribution in [-0.4, -0.2) is 63.1 Å². The van der Waals surface area contributed by atoms with Gasteiger partial charge in [0.2, 0.25) is 5.60 Å². The van der Waals surface area contributed by atoms with Crippen molar-refractivity contribution in [3.8, 4) is 23.0 Å². The maximum atomic E-state index is 12.6. The highest BCUT2D eigenvalue weighted by atomic mass is 16.5. The molecule has 0 aliphatic heterocycles. The second-order valence-electron chi connectivity index (χ2n) is 7.79. The first-order chi connectivity index (χ1) is 18.0. The second-order valence-corrected chi connectivity index (χ2v) is 7.79. The number of carboxylic acids is 4. The summed E-state index contributed by atoms with van der Waals surface area (Å²) >= 11 is 0. The number of ether oxygens (including phenoxy) is 4. The fourth-order valence-corrected chi connectivity index (χ4v) is 3.82. The lowest BCUT2D eigenvalue weighted by atomic mass is 9.76. The first-order valence-electron chi connectivity index (χ1n) is 11.3. The number of hydrogen-bond acceptors (Lipinski definition) is 8. The van der Waals surface area contributed by atoms with Gasteiger partial charge in [0.05, 0.1) is 18.8 Å². The van der Waals surface area contributed by atoms with Gasteiger partial charge < -0.3 is 39.4 Å². The molecule has 0 bridgehead atoms. The lowest BCUT2D eigenvalue weighted by Crippen LogP contribution is -2.56. The molecule has 38 heavy (non-hydrogen) atoms. The number of carboxylic acid groups (broad SMARTS) is 4. The summed E-state index contributed by atoms with van der Waals surface area (Å²) in [6.07, 6.45) is 0.460. The summed E-state index contributed by atoms with van der Waals surface area (Å²) in [6.45, 7) is 4.20. The van der Waals surface area contributed by atoms with Crippen LogP contribution in [0, 0.1) is 5.92 Å². The van der Waals surface area contributed by atoms with Gasteiger partial charge in [-0.1, -0.05) is 0 Å². The van der Waals surface area contributed by atoms with Crippen LogP contribution in [0.1, 0.15) is 13.8 Å². The van der Waals surface area contributed by atoms with Gasteiger partial charge in [0, 0.05) is 0 Å². The van der Waals surface area contributed by atoms with Gasteiger partial charge in [-0.2, -0.15) is 0 Å². The first kappa shape index (κ1) is 27.6. The largest absolute Gasteiger partial charge is 0.494 e. The van der Waals surface area contributed by atoms with Crippen molar-refractivity contribution in [3.05, 3.63) is 71.5 Å². The quantitative estimate of drug-likeness (QED) is 0.316. The van der Waals surface area contributed by atoms with Gasteiger partial charge in [0.1, 0.15) is 34.3 Å². The highest BCUT2D eigenvalue weighted by Gasteiger charge is 2.59. The summed E-state index contributed by atoms with van der Waals surface area (Å²) in [6, 6.07) is 11.0. The van der Waals surface area contributed by atoms with E-state index in [4.69, 9.17) is 18.9 Å². The minimum atomic E-state index is -2.91. The van der Waals surface area contributed by atoms with Gasteiger partial charge in [-0.3, -0.25) is 4.79 Å². The zero-order chi connectivity index (χ0) is 28.0. The molecule has 3 rings (SSSR count). The summed E-state index contributed by atoms with van der Waals surface area (Å²) in [5.74, 6) is -10.1. The molecule has 4 N–H and O–H groups in total. The van der Waals surface area contributed by atoms with E-state index < -0.39 is 52.3 Å². The third-order valence-corrected chi connectivity index (χ3v) is 5.38. The van der Waals surface area contributed by atoms with E-state index in [2.05, 4.69) is 0 Å². The van der Waals surface area contributed by atoms with Crippen LogP contribution in [0.25, 0.3) is 0 Å². The van der Waals surface area contributed by atoms with Gasteiger partial charge in [-0.05, 0) is 68.5 Å². The Morgan fingerprint density at radius 1 is 0.737 bits per heavy atom. The van der Waals surface area contributed by atoms with Gasteiger partial charge in [0.25, 0.3) is 0 Å². The molecule has 1 aliphatic rings. The van der Waals surface area contributed by atoms with E-state index in [1.54, 1.807) is 13.8 Å². The molecule has 200 valence electrons. The van der Waals surface area contributed by atoms with Crippen LogP contribution < -0.4 is 18.9 Å². The lowest BCUT2D eigenvalue weighted by Gasteiger charge is -2.37. The molecule has 2 aromatic rings. The predicted molar refractivity (Wildman–Crippen MR) is 128 cm³/mol. The molecular formula is C26H24O12. The molecule has 0 heterocycles. The maximum absolute atomic E-state index is 12.6. The van der Waals surface area contributed by atoms with Crippen LogP contribution in [0.15, 0.2) is 71.5 Å². The van der Waals surface area contributed by atoms with Crippen LogP contribution in [0.4, 0.5) is 0 Å². The summed E-state index contributed by atoms with van der Waals surface area (Å²) in [5, 5.41) is 40.0. The van der Waals surface area contributed by atoms with E-state index in [0.717, 1.165) is 0 Å². The van der Waals surface area contributed by atoms with E-state index in [0.29, 0.717) is 30.8 Å². The van der Waals surface area contributed by atoms with Crippen molar-refractivity contribution in [3.63, 3.8) is 0 Å². The monoisotopic (exact) mass is 528 g/mol. The standard InChI is InChI=1S/C26H24O12/c1-3-35-14-5-9-16(10-6-14)37-21-19(23(29)30)18(22(27)28)13-26(25(33)34,20(21)24(31)32)38-17-11-7-15(8-12-17)36-4-2/h5-13,20H,3-4H2,1-2H3,(H,27,28)(H,29,30)(H,31,32)(H,33,34). The van der Waals surface area contributed by atoms with Crippen molar-refractivity contribution in [2.75, 3.05) is 13.2 Å². The van der Waals surface area contributed by atoms with Crippen LogP contribution >= 0.6 is 0 Å². The fraction of sp³-hybridized carbons (Fsp3) is 0.231. The average molecular weight is 528 g/mol. The Bertz CT molecular complexity index is 1290. The molecule has 2 unspecified atom stereocenters. The van der Waals surface area contributed by atoms with Crippen LogP contribution in [0.5, 0.6) is 23.0 Å². The molecule has 0 radical (unpaired) electrons. The molecule has 0 amide bonds. The van der Waals surface area contributed by atoms with Crippen LogP contribution in [0.2, 0.25) is 0 Å². The molecular weight excluding hydrogens is 504 g/mol. The lowest BCUT2D eigenvalue weighted by molar-refractivity contribution is -0.165. The minimum Gasteiger partial charge on any atom is -0.494 e. The Morgan fingerprint density at radius 3 is 1.61 bits per heavy atom. The van der Waals surface area contributed by atoms with Gasteiger partial charge in [-0.25, -0.2) is 14.4 Å². The third kappa shape index (κ3) is 5.53. The first-order valence-corrected chi connectivity index (χ1v) is 11.3. The highest BCUT2D eigenvalue weighted by Crippen LogP contribution is 2.42. The summed E-state index contributed by atoms with van der Waals surface area (Å²) in [5.41, 5.74) is -4.97. The zero-order valence-electron chi connectivity index (χ0n) is 20.2. The van der Waals surface area contributed by atoms with Crippen molar-refractivity contribution in [1.82, 2.24) is 0 Å². The van der Waals surface area contributed by atoms with E-state index in [1.807, 2.05) is 0 Å². The predicted octanol–water partition coefficient (Wildman–Crippen LogP) is 2.83. The zero-order valence-corrected chi connectivity index (χ0v) is 20.2. The van der Waals surface area contributed by atoms with Gasteiger partial charge in [-0.15, -0.1) is 0 Å². The maximum Gasteiger partial charge on any atom is 0.353 e. The summed E-state index contributed by atoms with van der Waals surface area (Å²) in [7, 11) is 0. The topological polar surface area (TPSA) is 186 Å². The average Bonchev–Trinajstić information content (AvgIpc) is 2.85. The normalized spacial score (nSPS) is 18.7. The summed E-state index contributed by atoms with van der Waals surface area (Å²) in [4.78, 5) is 49.4. The molecule has 0 aromatic heterocycles. The highest BCUT2D eigenvalue weighted by molar-refractivity contribution is 6.09. The van der Waals surface area contributed by atoms with Crippen LogP contribution in [0.3, 0.4) is 0 Å². The van der Waals surface area contributed by atoms with Crippen molar-refractivity contribution >= 4 is 23.9 Å². The number of rotatable bonds is 12. The molecule has 0 saturated heterocycles. The Kier molecular flexibility index (Phi) is 8.26. The van der Waals surface area contributed by atoms with Crippen LogP contribution in [-0.2, 0) is 19.2 Å². The number of benzene rings is 2. The van der Waals surface area contributed by atoms with E-state index >= 15 is 0 Å². The van der Waals surface area contributed by atoms with Crippen molar-refractivity contribution in [1.29, 1.82) is 0 Å². The Balaban J connectivity index is 2.22. The molecule has 2 atom stereocenters. The number of hydrogen-bond donors (Lipinski definition) is 4. The Morgan fingerprint density at radius 2 is 1.21 bits per heavy atom. The van der Waals surface area contributed by atoms with Gasteiger partial charge in [0.15, 0.2) is 5.92 Å². The number of aliphatic carboxylic acids is 4. The smallest absolute Gasteiger partial charge is 0.353 e. The number of carbonyl (C=O) groups is 4. The molecule has 0 fully saturated rings.